The van der Waals surface area contributed by atoms with Crippen molar-refractivity contribution in [2.24, 2.45) is 5.92 Å². The Hall–Kier alpha value is -3.16. The number of carbonyl (C=O) groups is 1. The van der Waals surface area contributed by atoms with Gasteiger partial charge >= 0.3 is 5.97 Å². The molecule has 1 saturated heterocycles. The fourth-order valence-electron chi connectivity index (χ4n) is 5.41. The molecule has 45 heavy (non-hydrogen) atoms. The van der Waals surface area contributed by atoms with Crippen LogP contribution in [0.25, 0.3) is 22.2 Å². The molecule has 0 amide bonds. The first-order valence-electron chi connectivity index (χ1n) is 15.1. The van der Waals surface area contributed by atoms with Crippen molar-refractivity contribution in [3.63, 3.8) is 0 Å². The van der Waals surface area contributed by atoms with Crippen LogP contribution in [0.2, 0.25) is 10.0 Å². The molecule has 2 aliphatic rings. The van der Waals surface area contributed by atoms with Crippen LogP contribution in [-0.2, 0) is 9.53 Å². The van der Waals surface area contributed by atoms with Gasteiger partial charge in [0.25, 0.3) is 5.56 Å². The molecule has 1 aliphatic heterocycles. The summed E-state index contributed by atoms with van der Waals surface area (Å²) in [7, 11) is 2.90. The van der Waals surface area contributed by atoms with Gasteiger partial charge in [0.2, 0.25) is 5.95 Å². The maximum Gasteiger partial charge on any atom is 0.329 e. The minimum Gasteiger partial charge on any atom is -0.634 e. The lowest BCUT2D eigenvalue weighted by atomic mass is 10.0. The van der Waals surface area contributed by atoms with Gasteiger partial charge in [-0.2, -0.15) is 4.98 Å². The van der Waals surface area contributed by atoms with Crippen molar-refractivity contribution in [1.29, 1.82) is 0 Å². The van der Waals surface area contributed by atoms with Gasteiger partial charge < -0.3 is 29.8 Å². The number of benzene rings is 1. The van der Waals surface area contributed by atoms with Gasteiger partial charge in [-0.3, -0.25) is 14.3 Å². The Morgan fingerprint density at radius 2 is 1.78 bits per heavy atom. The average molecular weight is 664 g/mol. The molecular formula is C31H40Cl2N6O6. The lowest BCUT2D eigenvalue weighted by molar-refractivity contribution is -0.853. The number of nitrogens with zero attached hydrogens (tertiary/aromatic N) is 4. The van der Waals surface area contributed by atoms with Crippen LogP contribution < -0.4 is 25.4 Å². The zero-order valence-electron chi connectivity index (χ0n) is 26.2. The number of rotatable bonds is 11. The van der Waals surface area contributed by atoms with Crippen molar-refractivity contribution in [3.05, 3.63) is 43.9 Å². The van der Waals surface area contributed by atoms with Crippen LogP contribution in [0.1, 0.15) is 46.1 Å². The molecule has 1 atom stereocenters. The van der Waals surface area contributed by atoms with Crippen LogP contribution in [0.5, 0.6) is 11.5 Å². The number of hydrogen-bond donors (Lipinski definition) is 2. The van der Waals surface area contributed by atoms with E-state index in [-0.39, 0.29) is 49.8 Å². The number of quaternary nitrogens is 1. The summed E-state index contributed by atoms with van der Waals surface area (Å²) in [4.78, 5) is 40.0. The van der Waals surface area contributed by atoms with Gasteiger partial charge in [0.15, 0.2) is 0 Å². The van der Waals surface area contributed by atoms with Crippen LogP contribution >= 0.6 is 23.2 Å². The molecule has 244 valence electrons. The van der Waals surface area contributed by atoms with Crippen LogP contribution in [0.3, 0.4) is 0 Å². The van der Waals surface area contributed by atoms with Crippen molar-refractivity contribution in [3.8, 4) is 22.6 Å². The number of aromatic nitrogens is 3. The van der Waals surface area contributed by atoms with E-state index in [1.807, 2.05) is 0 Å². The highest BCUT2D eigenvalue weighted by Gasteiger charge is 2.33. The van der Waals surface area contributed by atoms with E-state index in [2.05, 4.69) is 15.2 Å². The number of anilines is 1. The molecule has 1 aromatic carbocycles. The van der Waals surface area contributed by atoms with E-state index in [0.717, 1.165) is 12.8 Å². The minimum absolute atomic E-state index is 0.113. The Kier molecular flexibility index (Phi) is 10.1. The van der Waals surface area contributed by atoms with E-state index in [9.17, 15) is 14.8 Å². The van der Waals surface area contributed by atoms with Gasteiger partial charge in [-0.25, -0.2) is 9.78 Å². The fourth-order valence-corrected chi connectivity index (χ4v) is 6.11. The zero-order chi connectivity index (χ0) is 32.5. The highest BCUT2D eigenvalue weighted by Crippen LogP contribution is 2.45. The summed E-state index contributed by atoms with van der Waals surface area (Å²) in [6.45, 7) is 8.58. The zero-order valence-corrected chi connectivity index (χ0v) is 27.8. The Balaban J connectivity index is 1.71. The topological polar surface area (TPSA) is 135 Å². The predicted octanol–water partition coefficient (Wildman–Crippen LogP) is 3.58. The van der Waals surface area contributed by atoms with Gasteiger partial charge in [-0.05, 0) is 52.0 Å². The summed E-state index contributed by atoms with van der Waals surface area (Å²) in [5.74, 6) is 0.859. The maximum atomic E-state index is 14.7. The molecule has 0 radical (unpaired) electrons. The minimum atomic E-state index is -1.06. The van der Waals surface area contributed by atoms with Gasteiger partial charge in [-0.15, -0.1) is 0 Å². The quantitative estimate of drug-likeness (QED) is 0.232. The van der Waals surface area contributed by atoms with E-state index < -0.39 is 23.2 Å². The van der Waals surface area contributed by atoms with Crippen molar-refractivity contribution in [2.75, 3.05) is 58.8 Å². The number of nitrogens with one attached hydrogen (secondary N) is 2. The molecule has 2 fully saturated rings. The van der Waals surface area contributed by atoms with Crippen LogP contribution in [0.4, 0.5) is 5.95 Å². The van der Waals surface area contributed by atoms with Crippen LogP contribution in [0, 0.1) is 11.1 Å². The second kappa shape index (κ2) is 13.7. The number of methoxy groups -OCH3 is 2. The monoisotopic (exact) mass is 662 g/mol. The van der Waals surface area contributed by atoms with Gasteiger partial charge in [0.1, 0.15) is 28.8 Å². The number of carbonyl (C=O) groups excluding carboxylic acids is 1. The first-order valence-corrected chi connectivity index (χ1v) is 15.9. The lowest BCUT2D eigenvalue weighted by Gasteiger charge is -2.35. The SMILES string of the molecule is COc1cc(OC)c(Cl)c(-c2cc3cnc(NCC4CC4)nc3n(C(CCN3CC[NH+]([O-])CC3)C(=O)OC(C)(C)C)c2=O)c1Cl. The summed E-state index contributed by atoms with van der Waals surface area (Å²) in [6.07, 6.45) is 4.13. The van der Waals surface area contributed by atoms with Crippen molar-refractivity contribution >= 4 is 46.2 Å². The highest BCUT2D eigenvalue weighted by atomic mass is 35.5. The third-order valence-corrected chi connectivity index (χ3v) is 8.74. The summed E-state index contributed by atoms with van der Waals surface area (Å²) >= 11 is 13.6. The molecule has 3 heterocycles. The van der Waals surface area contributed by atoms with Crippen molar-refractivity contribution in [2.45, 2.75) is 51.7 Å². The fraction of sp³-hybridized carbons (Fsp3) is 0.548. The molecule has 0 bridgehead atoms. The molecule has 2 aromatic heterocycles. The largest absolute Gasteiger partial charge is 0.634 e. The van der Waals surface area contributed by atoms with E-state index >= 15 is 0 Å². The second-order valence-corrected chi connectivity index (χ2v) is 13.3. The number of piperazine rings is 1. The van der Waals surface area contributed by atoms with Crippen molar-refractivity contribution < 1.29 is 24.1 Å². The number of pyridine rings is 1. The molecule has 1 unspecified atom stereocenters. The summed E-state index contributed by atoms with van der Waals surface area (Å²) in [5, 5.41) is 16.1. The third-order valence-electron chi connectivity index (χ3n) is 7.98. The number of halogens is 2. The Morgan fingerprint density at radius 1 is 1.13 bits per heavy atom. The predicted molar refractivity (Wildman–Crippen MR) is 174 cm³/mol. The Labute approximate surface area is 272 Å². The van der Waals surface area contributed by atoms with Gasteiger partial charge in [0, 0.05) is 49.4 Å². The number of fused-ring (bicyclic) bond motifs is 1. The van der Waals surface area contributed by atoms with Crippen LogP contribution in [-0.4, -0.2) is 84.5 Å². The van der Waals surface area contributed by atoms with E-state index in [1.165, 1.54) is 18.8 Å². The first kappa shape index (κ1) is 33.2. The Bertz CT molecular complexity index is 1590. The molecule has 2 N–H and O–H groups in total. The van der Waals surface area contributed by atoms with E-state index in [0.29, 0.717) is 56.5 Å². The molecule has 3 aromatic rings. The summed E-state index contributed by atoms with van der Waals surface area (Å²) in [5.41, 5.74) is -0.775. The lowest BCUT2D eigenvalue weighted by Crippen LogP contribution is -3.10. The smallest absolute Gasteiger partial charge is 0.329 e. The standard InChI is InChI=1S/C31H40Cl2N6O6/c1-31(2,3)45-29(41)21(8-9-37-10-12-38(42)13-11-37)39-27-19(17-35-30(36-27)34-16-18-6-7-18)14-20(28(39)40)24-25(32)22(43-4)15-23(44-5)26(24)33/h14-15,17-18,21,38H,6-13,16H2,1-5H3,(H,34,35,36). The second-order valence-electron chi connectivity index (χ2n) is 12.5. The molecule has 12 nitrogen and oxygen atoms in total. The highest BCUT2D eigenvalue weighted by molar-refractivity contribution is 6.41. The molecule has 1 aliphatic carbocycles. The van der Waals surface area contributed by atoms with E-state index in [4.69, 9.17) is 42.4 Å². The molecule has 1 saturated carbocycles. The average Bonchev–Trinajstić information content (AvgIpc) is 3.82. The molecule has 5 rings (SSSR count). The van der Waals surface area contributed by atoms with Crippen molar-refractivity contribution in [1.82, 2.24) is 19.4 Å². The number of esters is 1. The molecule has 14 heteroatoms. The normalized spacial score (nSPS) is 16.9. The number of hydroxylamine groups is 2. The number of ether oxygens (including phenoxy) is 3. The summed E-state index contributed by atoms with van der Waals surface area (Å²) in [6, 6.07) is 2.10. The van der Waals surface area contributed by atoms with Gasteiger partial charge in [0.05, 0.1) is 42.9 Å². The molecular weight excluding hydrogens is 623 g/mol. The Morgan fingerprint density at radius 3 is 2.36 bits per heavy atom. The first-order chi connectivity index (χ1) is 21.4. The number of hydrogen-bond acceptors (Lipinski definition) is 10. The third kappa shape index (κ3) is 7.63. The summed E-state index contributed by atoms with van der Waals surface area (Å²) < 4.78 is 18.2. The van der Waals surface area contributed by atoms with E-state index in [1.54, 1.807) is 39.1 Å². The van der Waals surface area contributed by atoms with Crippen LogP contribution in [0.15, 0.2) is 23.1 Å². The van der Waals surface area contributed by atoms with Gasteiger partial charge in [-0.1, -0.05) is 23.2 Å². The maximum absolute atomic E-state index is 14.7. The molecule has 0 spiro atoms.